The van der Waals surface area contributed by atoms with Crippen LogP contribution >= 0.6 is 0 Å². The molecule has 0 radical (unpaired) electrons. The van der Waals surface area contributed by atoms with E-state index in [9.17, 15) is 0 Å². The van der Waals surface area contributed by atoms with Crippen LogP contribution in [0.4, 0.5) is 0 Å². The smallest absolute Gasteiger partial charge is 0.0568 e. The third-order valence-corrected chi connectivity index (χ3v) is 4.13. The Bertz CT molecular complexity index is 617. The van der Waals surface area contributed by atoms with Crippen LogP contribution in [0.25, 0.3) is 11.1 Å². The van der Waals surface area contributed by atoms with Crippen molar-refractivity contribution >= 4 is 0 Å². The Hall–Kier alpha value is -1.65. The lowest BCUT2D eigenvalue weighted by Gasteiger charge is -2.32. The van der Waals surface area contributed by atoms with Gasteiger partial charge in [-0.3, -0.25) is 9.58 Å². The number of hydrogen-bond acceptors (Lipinski definition) is 3. The number of aromatic nitrogens is 2. The standard InChI is InChI=1S/C17H24N4/c1-13-4-5-15(12-21-7-6-18-14(2)10-21)17(8-13)16-9-19-20(3)11-16/h4-5,8-9,11,14,18H,6-7,10,12H2,1-3H3/t14-/m0/s1. The monoisotopic (exact) mass is 284 g/mol. The summed E-state index contributed by atoms with van der Waals surface area (Å²) in [6.07, 6.45) is 4.05. The number of aryl methyl sites for hydroxylation is 2. The summed E-state index contributed by atoms with van der Waals surface area (Å²) < 4.78 is 1.87. The van der Waals surface area contributed by atoms with Gasteiger partial charge in [0, 0.05) is 51.0 Å². The molecule has 0 aliphatic carbocycles. The summed E-state index contributed by atoms with van der Waals surface area (Å²) in [6, 6.07) is 7.33. The molecule has 1 N–H and O–H groups in total. The highest BCUT2D eigenvalue weighted by Gasteiger charge is 2.17. The van der Waals surface area contributed by atoms with E-state index >= 15 is 0 Å². The van der Waals surface area contributed by atoms with Crippen LogP contribution in [0.1, 0.15) is 18.1 Å². The van der Waals surface area contributed by atoms with Crippen molar-refractivity contribution in [2.24, 2.45) is 7.05 Å². The fourth-order valence-corrected chi connectivity index (χ4v) is 3.05. The molecule has 1 atom stereocenters. The van der Waals surface area contributed by atoms with Gasteiger partial charge in [-0.2, -0.15) is 5.10 Å². The molecule has 0 amide bonds. The van der Waals surface area contributed by atoms with Gasteiger partial charge < -0.3 is 5.32 Å². The van der Waals surface area contributed by atoms with Gasteiger partial charge in [-0.1, -0.05) is 23.8 Å². The minimum Gasteiger partial charge on any atom is -0.312 e. The Morgan fingerprint density at radius 3 is 2.95 bits per heavy atom. The van der Waals surface area contributed by atoms with E-state index in [0.29, 0.717) is 6.04 Å². The molecule has 0 spiro atoms. The van der Waals surface area contributed by atoms with E-state index in [1.165, 1.54) is 22.3 Å². The van der Waals surface area contributed by atoms with E-state index in [2.05, 4.69) is 53.6 Å². The molecule has 0 unspecified atom stereocenters. The average molecular weight is 284 g/mol. The fourth-order valence-electron chi connectivity index (χ4n) is 3.05. The quantitative estimate of drug-likeness (QED) is 0.938. The SMILES string of the molecule is Cc1ccc(CN2CCN[C@@H](C)C2)c(-c2cnn(C)c2)c1. The van der Waals surface area contributed by atoms with Crippen LogP contribution in [0.5, 0.6) is 0 Å². The third kappa shape index (κ3) is 3.34. The van der Waals surface area contributed by atoms with Gasteiger partial charge in [-0.15, -0.1) is 0 Å². The van der Waals surface area contributed by atoms with Crippen LogP contribution in [-0.2, 0) is 13.6 Å². The van der Waals surface area contributed by atoms with Crippen LogP contribution in [0.3, 0.4) is 0 Å². The van der Waals surface area contributed by atoms with Crippen molar-refractivity contribution in [2.45, 2.75) is 26.4 Å². The van der Waals surface area contributed by atoms with Crippen molar-refractivity contribution in [2.75, 3.05) is 19.6 Å². The van der Waals surface area contributed by atoms with Crippen LogP contribution in [0.2, 0.25) is 0 Å². The molecule has 1 aliphatic heterocycles. The summed E-state index contributed by atoms with van der Waals surface area (Å²) in [4.78, 5) is 2.53. The number of nitrogens with one attached hydrogen (secondary N) is 1. The predicted molar refractivity (Wildman–Crippen MR) is 86.1 cm³/mol. The normalized spacial score (nSPS) is 19.9. The Kier molecular flexibility index (Phi) is 4.08. The van der Waals surface area contributed by atoms with Gasteiger partial charge in [0.2, 0.25) is 0 Å². The summed E-state index contributed by atoms with van der Waals surface area (Å²) >= 11 is 0. The van der Waals surface area contributed by atoms with E-state index in [1.54, 1.807) is 0 Å². The van der Waals surface area contributed by atoms with Gasteiger partial charge in [0.25, 0.3) is 0 Å². The molecule has 0 saturated carbocycles. The molecule has 21 heavy (non-hydrogen) atoms. The largest absolute Gasteiger partial charge is 0.312 e. The molecule has 0 bridgehead atoms. The molecular formula is C17H24N4. The summed E-state index contributed by atoms with van der Waals surface area (Å²) in [5.41, 5.74) is 5.21. The van der Waals surface area contributed by atoms with Gasteiger partial charge >= 0.3 is 0 Å². The minimum absolute atomic E-state index is 0.575. The molecule has 1 aromatic carbocycles. The molecule has 1 fully saturated rings. The van der Waals surface area contributed by atoms with E-state index in [-0.39, 0.29) is 0 Å². The zero-order valence-corrected chi connectivity index (χ0v) is 13.1. The first-order valence-corrected chi connectivity index (χ1v) is 7.66. The van der Waals surface area contributed by atoms with Gasteiger partial charge in [0.15, 0.2) is 0 Å². The van der Waals surface area contributed by atoms with E-state index < -0.39 is 0 Å². The zero-order valence-electron chi connectivity index (χ0n) is 13.1. The number of nitrogens with zero attached hydrogens (tertiary/aromatic N) is 3. The minimum atomic E-state index is 0.575. The molecule has 2 aromatic rings. The predicted octanol–water partition coefficient (Wildman–Crippen LogP) is 2.19. The highest BCUT2D eigenvalue weighted by Crippen LogP contribution is 2.26. The Labute approximate surface area is 126 Å². The van der Waals surface area contributed by atoms with Gasteiger partial charge in [-0.25, -0.2) is 0 Å². The van der Waals surface area contributed by atoms with Crippen molar-refractivity contribution in [3.8, 4) is 11.1 Å². The number of benzene rings is 1. The Balaban J connectivity index is 1.87. The van der Waals surface area contributed by atoms with Gasteiger partial charge in [-0.05, 0) is 25.0 Å². The van der Waals surface area contributed by atoms with E-state index in [1.807, 2.05) is 17.9 Å². The third-order valence-electron chi connectivity index (χ3n) is 4.13. The molecule has 4 heteroatoms. The number of hydrogen-bond donors (Lipinski definition) is 1. The van der Waals surface area contributed by atoms with Crippen molar-refractivity contribution in [3.05, 3.63) is 41.7 Å². The lowest BCUT2D eigenvalue weighted by molar-refractivity contribution is 0.200. The van der Waals surface area contributed by atoms with Crippen molar-refractivity contribution in [1.29, 1.82) is 0 Å². The maximum atomic E-state index is 4.32. The lowest BCUT2D eigenvalue weighted by atomic mass is 9.99. The molecule has 1 saturated heterocycles. The molecule has 2 heterocycles. The summed E-state index contributed by atoms with van der Waals surface area (Å²) in [6.45, 7) is 8.72. The van der Waals surface area contributed by atoms with Crippen LogP contribution < -0.4 is 5.32 Å². The molecule has 112 valence electrons. The summed E-state index contributed by atoms with van der Waals surface area (Å²) in [5, 5.41) is 7.82. The summed E-state index contributed by atoms with van der Waals surface area (Å²) in [7, 11) is 1.97. The Morgan fingerprint density at radius 2 is 2.24 bits per heavy atom. The van der Waals surface area contributed by atoms with E-state index in [4.69, 9.17) is 0 Å². The molecule has 1 aromatic heterocycles. The number of rotatable bonds is 3. The summed E-state index contributed by atoms with van der Waals surface area (Å²) in [5.74, 6) is 0. The first-order valence-electron chi connectivity index (χ1n) is 7.66. The van der Waals surface area contributed by atoms with Gasteiger partial charge in [0.05, 0.1) is 6.20 Å². The second-order valence-electron chi connectivity index (χ2n) is 6.15. The molecule has 4 nitrogen and oxygen atoms in total. The topological polar surface area (TPSA) is 33.1 Å². The molecule has 3 rings (SSSR count). The number of piperazine rings is 1. The second-order valence-corrected chi connectivity index (χ2v) is 6.15. The molecular weight excluding hydrogens is 260 g/mol. The van der Waals surface area contributed by atoms with Crippen LogP contribution in [-0.4, -0.2) is 40.4 Å². The van der Waals surface area contributed by atoms with Crippen molar-refractivity contribution < 1.29 is 0 Å². The molecule has 1 aliphatic rings. The van der Waals surface area contributed by atoms with Crippen LogP contribution in [0.15, 0.2) is 30.6 Å². The average Bonchev–Trinajstić information content (AvgIpc) is 2.87. The van der Waals surface area contributed by atoms with E-state index in [0.717, 1.165) is 26.2 Å². The maximum absolute atomic E-state index is 4.32. The highest BCUT2D eigenvalue weighted by atomic mass is 15.2. The van der Waals surface area contributed by atoms with Crippen LogP contribution in [0, 0.1) is 6.92 Å². The zero-order chi connectivity index (χ0) is 14.8. The lowest BCUT2D eigenvalue weighted by Crippen LogP contribution is -2.48. The maximum Gasteiger partial charge on any atom is 0.0568 e. The van der Waals surface area contributed by atoms with Crippen molar-refractivity contribution in [1.82, 2.24) is 20.0 Å². The first kappa shape index (κ1) is 14.3. The highest BCUT2D eigenvalue weighted by molar-refractivity contribution is 5.66. The van der Waals surface area contributed by atoms with Crippen molar-refractivity contribution in [3.63, 3.8) is 0 Å². The van der Waals surface area contributed by atoms with Gasteiger partial charge in [0.1, 0.15) is 0 Å². The first-order chi connectivity index (χ1) is 10.1. The fraction of sp³-hybridized carbons (Fsp3) is 0.471. The second kappa shape index (κ2) is 6.00. The Morgan fingerprint density at radius 1 is 1.38 bits per heavy atom.